The Kier molecular flexibility index (Phi) is 3.52. The Bertz CT molecular complexity index is 543. The predicted molar refractivity (Wildman–Crippen MR) is 66.2 cm³/mol. The second-order valence-electron chi connectivity index (χ2n) is 4.39. The van der Waals surface area contributed by atoms with Gasteiger partial charge in [-0.05, 0) is 0 Å². The Morgan fingerprint density at radius 3 is 2.85 bits per heavy atom. The molecule has 1 unspecified atom stereocenters. The minimum absolute atomic E-state index is 0.0745. The first-order valence-corrected chi connectivity index (χ1v) is 5.64. The fourth-order valence-electron chi connectivity index (χ4n) is 2.00. The molecule has 1 fully saturated rings. The van der Waals surface area contributed by atoms with Crippen molar-refractivity contribution < 1.29 is 23.7 Å². The third-order valence-corrected chi connectivity index (χ3v) is 3.18. The zero-order valence-corrected chi connectivity index (χ0v) is 10.3. The molecule has 2 aliphatic rings. The number of nitrogens with two attached hydrogens (primary N) is 1. The number of aliphatic hydroxyl groups is 2. The average Bonchev–Trinajstić information content (AvgIpc) is 2.68. The molecular formula is C12H13F2N3O3. The zero-order chi connectivity index (χ0) is 15.1. The highest BCUT2D eigenvalue weighted by Gasteiger charge is 2.56. The molecule has 0 aromatic rings. The SMILES string of the molecule is C#C[C@]1(CO)O[C@@H](N2C=C(F)C(N)=NC2=C)C(F)[C@H]1O. The van der Waals surface area contributed by atoms with Gasteiger partial charge in [0.2, 0.25) is 0 Å². The van der Waals surface area contributed by atoms with E-state index < -0.39 is 42.4 Å². The standard InChI is InChI=1S/C12H13F2N3O3/c1-3-12(5-18)9(19)8(14)11(20-12)17-4-7(13)10(15)16-6(17)2/h1,4,8-9,11,18-19H,2,5H2,(H2,15,16)/t8?,9-,11-,12-/m1/s1. The van der Waals surface area contributed by atoms with Crippen LogP contribution in [0.25, 0.3) is 0 Å². The molecule has 108 valence electrons. The van der Waals surface area contributed by atoms with E-state index in [-0.39, 0.29) is 5.82 Å². The van der Waals surface area contributed by atoms with Crippen LogP contribution in [0.4, 0.5) is 8.78 Å². The summed E-state index contributed by atoms with van der Waals surface area (Å²) in [5, 5.41) is 19.0. The van der Waals surface area contributed by atoms with E-state index in [2.05, 4.69) is 11.6 Å². The summed E-state index contributed by atoms with van der Waals surface area (Å²) in [4.78, 5) is 4.51. The van der Waals surface area contributed by atoms with E-state index in [1.54, 1.807) is 0 Å². The summed E-state index contributed by atoms with van der Waals surface area (Å²) in [6.45, 7) is 2.70. The lowest BCUT2D eigenvalue weighted by molar-refractivity contribution is -0.100. The van der Waals surface area contributed by atoms with Crippen molar-refractivity contribution >= 4 is 5.84 Å². The Morgan fingerprint density at radius 2 is 2.35 bits per heavy atom. The second kappa shape index (κ2) is 4.86. The quantitative estimate of drug-likeness (QED) is 0.587. The number of rotatable bonds is 2. The van der Waals surface area contributed by atoms with Crippen LogP contribution in [0.5, 0.6) is 0 Å². The molecule has 0 saturated carbocycles. The molecule has 2 aliphatic heterocycles. The van der Waals surface area contributed by atoms with Gasteiger partial charge in [-0.25, -0.2) is 13.8 Å². The predicted octanol–water partition coefficient (Wildman–Crippen LogP) is -0.639. The zero-order valence-electron chi connectivity index (χ0n) is 10.3. The van der Waals surface area contributed by atoms with E-state index >= 15 is 0 Å². The minimum atomic E-state index is -1.99. The lowest BCUT2D eigenvalue weighted by atomic mass is 9.98. The van der Waals surface area contributed by atoms with Crippen LogP contribution in [-0.2, 0) is 4.74 Å². The van der Waals surface area contributed by atoms with Crippen molar-refractivity contribution in [3.05, 3.63) is 24.4 Å². The van der Waals surface area contributed by atoms with Crippen LogP contribution < -0.4 is 5.73 Å². The summed E-state index contributed by atoms with van der Waals surface area (Å²) in [6, 6.07) is 0. The number of aliphatic imine (C=N–C) groups is 1. The molecule has 4 N–H and O–H groups in total. The van der Waals surface area contributed by atoms with Crippen LogP contribution in [0.1, 0.15) is 0 Å². The first kappa shape index (κ1) is 14.5. The van der Waals surface area contributed by atoms with E-state index in [1.807, 2.05) is 5.92 Å². The molecule has 8 heteroatoms. The Hall–Kier alpha value is -1.95. The molecule has 0 radical (unpaired) electrons. The van der Waals surface area contributed by atoms with Gasteiger partial charge in [0.15, 0.2) is 29.7 Å². The van der Waals surface area contributed by atoms with Crippen molar-refractivity contribution in [3.8, 4) is 12.3 Å². The van der Waals surface area contributed by atoms with Gasteiger partial charge in [-0.3, -0.25) is 0 Å². The van der Waals surface area contributed by atoms with Gasteiger partial charge in [0.1, 0.15) is 11.9 Å². The number of amidine groups is 1. The van der Waals surface area contributed by atoms with E-state index in [1.165, 1.54) is 0 Å². The molecule has 0 aromatic heterocycles. The minimum Gasteiger partial charge on any atom is -0.392 e. The molecule has 2 heterocycles. The Labute approximate surface area is 113 Å². The van der Waals surface area contributed by atoms with Gasteiger partial charge in [0, 0.05) is 6.20 Å². The van der Waals surface area contributed by atoms with Gasteiger partial charge in [-0.15, -0.1) is 6.42 Å². The normalized spacial score (nSPS) is 37.5. The van der Waals surface area contributed by atoms with E-state index in [0.29, 0.717) is 0 Å². The molecule has 4 atom stereocenters. The van der Waals surface area contributed by atoms with Crippen molar-refractivity contribution in [2.45, 2.75) is 24.1 Å². The molecule has 0 bridgehead atoms. The maximum Gasteiger partial charge on any atom is 0.182 e. The number of hydrogen-bond donors (Lipinski definition) is 3. The fourth-order valence-corrected chi connectivity index (χ4v) is 2.00. The lowest BCUT2D eigenvalue weighted by Crippen LogP contribution is -2.44. The monoisotopic (exact) mass is 285 g/mol. The van der Waals surface area contributed by atoms with Gasteiger partial charge >= 0.3 is 0 Å². The highest BCUT2D eigenvalue weighted by Crippen LogP contribution is 2.36. The van der Waals surface area contributed by atoms with Crippen LogP contribution in [0.15, 0.2) is 29.4 Å². The van der Waals surface area contributed by atoms with Gasteiger partial charge in [0.05, 0.1) is 6.61 Å². The smallest absolute Gasteiger partial charge is 0.182 e. The van der Waals surface area contributed by atoms with Crippen molar-refractivity contribution in [1.82, 2.24) is 4.90 Å². The number of aliphatic hydroxyl groups excluding tert-OH is 2. The molecule has 2 rings (SSSR count). The number of ether oxygens (including phenoxy) is 1. The van der Waals surface area contributed by atoms with Crippen LogP contribution in [0.3, 0.4) is 0 Å². The number of alkyl halides is 1. The number of halogens is 2. The molecule has 0 aliphatic carbocycles. The highest BCUT2D eigenvalue weighted by molar-refractivity contribution is 5.96. The third kappa shape index (κ3) is 1.96. The second-order valence-corrected chi connectivity index (χ2v) is 4.39. The largest absolute Gasteiger partial charge is 0.392 e. The maximum atomic E-state index is 14.1. The van der Waals surface area contributed by atoms with Crippen molar-refractivity contribution in [2.24, 2.45) is 10.7 Å². The fraction of sp³-hybridized carbons (Fsp3) is 0.417. The van der Waals surface area contributed by atoms with Gasteiger partial charge in [-0.1, -0.05) is 12.5 Å². The summed E-state index contributed by atoms with van der Waals surface area (Å²) in [5.41, 5.74) is 3.36. The molecule has 1 saturated heterocycles. The van der Waals surface area contributed by atoms with E-state index in [4.69, 9.17) is 16.9 Å². The summed E-state index contributed by atoms with van der Waals surface area (Å²) in [7, 11) is 0. The van der Waals surface area contributed by atoms with Crippen molar-refractivity contribution in [3.63, 3.8) is 0 Å². The van der Waals surface area contributed by atoms with Crippen LogP contribution >= 0.6 is 0 Å². The maximum absolute atomic E-state index is 14.1. The van der Waals surface area contributed by atoms with Crippen LogP contribution in [-0.4, -0.2) is 51.7 Å². The number of nitrogens with zero attached hydrogens (tertiary/aromatic N) is 2. The third-order valence-electron chi connectivity index (χ3n) is 3.18. The first-order chi connectivity index (χ1) is 9.36. The van der Waals surface area contributed by atoms with Crippen molar-refractivity contribution in [2.75, 3.05) is 6.61 Å². The summed E-state index contributed by atoms with van der Waals surface area (Å²) >= 11 is 0. The van der Waals surface area contributed by atoms with Gasteiger partial charge in [0.25, 0.3) is 0 Å². The molecular weight excluding hydrogens is 272 g/mol. The molecule has 6 nitrogen and oxygen atoms in total. The molecule has 0 aromatic carbocycles. The lowest BCUT2D eigenvalue weighted by Gasteiger charge is -2.30. The molecule has 20 heavy (non-hydrogen) atoms. The first-order valence-electron chi connectivity index (χ1n) is 5.64. The molecule has 0 amide bonds. The molecule has 0 spiro atoms. The average molecular weight is 285 g/mol. The summed E-state index contributed by atoms with van der Waals surface area (Å²) in [6.07, 6.45) is 0.784. The number of hydrogen-bond acceptors (Lipinski definition) is 6. The van der Waals surface area contributed by atoms with Crippen LogP contribution in [0, 0.1) is 12.3 Å². The summed E-state index contributed by atoms with van der Waals surface area (Å²) < 4.78 is 32.8. The van der Waals surface area contributed by atoms with Crippen molar-refractivity contribution in [1.29, 1.82) is 0 Å². The summed E-state index contributed by atoms with van der Waals surface area (Å²) in [5.74, 6) is 0.647. The Balaban J connectivity index is 2.32. The van der Waals surface area contributed by atoms with E-state index in [9.17, 15) is 19.0 Å². The van der Waals surface area contributed by atoms with E-state index in [0.717, 1.165) is 11.1 Å². The highest BCUT2D eigenvalue weighted by atomic mass is 19.1. The van der Waals surface area contributed by atoms with Gasteiger partial charge in [-0.2, -0.15) is 0 Å². The number of terminal acetylenes is 1. The topological polar surface area (TPSA) is 91.3 Å². The van der Waals surface area contributed by atoms with Gasteiger partial charge < -0.3 is 25.6 Å². The van der Waals surface area contributed by atoms with Crippen LogP contribution in [0.2, 0.25) is 0 Å². The Morgan fingerprint density at radius 1 is 1.70 bits per heavy atom.